The van der Waals surface area contributed by atoms with E-state index in [4.69, 9.17) is 0 Å². The summed E-state index contributed by atoms with van der Waals surface area (Å²) in [5.41, 5.74) is 1.59. The van der Waals surface area contributed by atoms with Gasteiger partial charge < -0.3 is 20.4 Å². The van der Waals surface area contributed by atoms with Crippen molar-refractivity contribution in [1.82, 2.24) is 9.80 Å². The molecule has 0 aromatic carbocycles. The Morgan fingerprint density at radius 2 is 1.03 bits per heavy atom. The van der Waals surface area contributed by atoms with Crippen molar-refractivity contribution in [1.29, 1.82) is 10.5 Å². The molecule has 10 nitrogen and oxygen atoms in total. The van der Waals surface area contributed by atoms with Crippen LogP contribution < -0.4 is 10.6 Å². The van der Waals surface area contributed by atoms with Crippen molar-refractivity contribution in [3.05, 3.63) is 32.0 Å². The molecule has 208 valence electrons. The van der Waals surface area contributed by atoms with E-state index >= 15 is 0 Å². The molecular formula is C27H34N6O4S2. The molecule has 0 atom stereocenters. The number of nitriles is 2. The van der Waals surface area contributed by atoms with Crippen LogP contribution in [0.3, 0.4) is 0 Å². The zero-order valence-electron chi connectivity index (χ0n) is 23.2. The standard InChI is InChI=1S/C27H34N6O4S2/c1-7-32(8-2)26(36)22-16(5)18(14-28)24(38-22)30-20(34)12-11-13-21(35)31-25-19(15-29)17(6)23(39-25)27(37)33(9-3)10-4/h7-13H2,1-6H3,(H,30,34)(H,31,35). The summed E-state index contributed by atoms with van der Waals surface area (Å²) in [4.78, 5) is 54.9. The number of anilines is 2. The monoisotopic (exact) mass is 570 g/mol. The highest BCUT2D eigenvalue weighted by Crippen LogP contribution is 2.35. The predicted molar refractivity (Wildman–Crippen MR) is 153 cm³/mol. The van der Waals surface area contributed by atoms with Gasteiger partial charge in [0.05, 0.1) is 20.9 Å². The van der Waals surface area contributed by atoms with Crippen LogP contribution in [0.1, 0.15) is 88.6 Å². The molecule has 0 radical (unpaired) electrons. The summed E-state index contributed by atoms with van der Waals surface area (Å²) in [5, 5.41) is 25.2. The summed E-state index contributed by atoms with van der Waals surface area (Å²) in [6.07, 6.45) is 0.274. The molecule has 2 aromatic heterocycles. The van der Waals surface area contributed by atoms with Crippen LogP contribution in [0.15, 0.2) is 0 Å². The van der Waals surface area contributed by atoms with Crippen LogP contribution in [0.4, 0.5) is 10.0 Å². The van der Waals surface area contributed by atoms with Gasteiger partial charge in [0.1, 0.15) is 22.1 Å². The number of nitrogens with one attached hydrogen (secondary N) is 2. The molecule has 0 aliphatic heterocycles. The minimum Gasteiger partial charge on any atom is -0.338 e. The Kier molecular flexibility index (Phi) is 11.6. The first kappa shape index (κ1) is 31.5. The Labute approximate surface area is 237 Å². The molecule has 12 heteroatoms. The van der Waals surface area contributed by atoms with Gasteiger partial charge in [0, 0.05) is 39.0 Å². The molecule has 0 spiro atoms. The molecule has 2 heterocycles. The van der Waals surface area contributed by atoms with Gasteiger partial charge in [0.25, 0.3) is 11.8 Å². The average Bonchev–Trinajstić information content (AvgIpc) is 3.39. The minimum absolute atomic E-state index is 0.0227. The summed E-state index contributed by atoms with van der Waals surface area (Å²) >= 11 is 2.16. The van der Waals surface area contributed by atoms with Crippen molar-refractivity contribution in [2.24, 2.45) is 0 Å². The molecule has 2 rings (SSSR count). The van der Waals surface area contributed by atoms with Gasteiger partial charge in [-0.3, -0.25) is 19.2 Å². The van der Waals surface area contributed by atoms with Crippen LogP contribution in [-0.4, -0.2) is 59.6 Å². The van der Waals surface area contributed by atoms with E-state index in [9.17, 15) is 29.7 Å². The third-order valence-corrected chi connectivity index (χ3v) is 8.71. The number of thiophene rings is 2. The van der Waals surface area contributed by atoms with Crippen LogP contribution in [0.5, 0.6) is 0 Å². The van der Waals surface area contributed by atoms with Crippen LogP contribution in [0, 0.1) is 36.5 Å². The van der Waals surface area contributed by atoms with Crippen molar-refractivity contribution in [2.75, 3.05) is 36.8 Å². The molecule has 0 saturated carbocycles. The molecule has 39 heavy (non-hydrogen) atoms. The lowest BCUT2D eigenvalue weighted by Crippen LogP contribution is -2.30. The van der Waals surface area contributed by atoms with E-state index in [1.807, 2.05) is 27.7 Å². The molecule has 4 amide bonds. The van der Waals surface area contributed by atoms with E-state index in [1.165, 1.54) is 0 Å². The van der Waals surface area contributed by atoms with Crippen molar-refractivity contribution < 1.29 is 19.2 Å². The number of hydrogen-bond acceptors (Lipinski definition) is 8. The van der Waals surface area contributed by atoms with Crippen molar-refractivity contribution in [2.45, 2.75) is 60.8 Å². The Bertz CT molecular complexity index is 1220. The van der Waals surface area contributed by atoms with Gasteiger partial charge in [-0.2, -0.15) is 10.5 Å². The zero-order chi connectivity index (χ0) is 29.3. The normalized spacial score (nSPS) is 10.4. The van der Waals surface area contributed by atoms with Crippen LogP contribution >= 0.6 is 22.7 Å². The van der Waals surface area contributed by atoms with Gasteiger partial charge in [-0.15, -0.1) is 22.7 Å². The zero-order valence-corrected chi connectivity index (χ0v) is 24.8. The second-order valence-corrected chi connectivity index (χ2v) is 10.7. The highest BCUT2D eigenvalue weighted by atomic mass is 32.1. The van der Waals surface area contributed by atoms with Gasteiger partial charge in [-0.1, -0.05) is 0 Å². The summed E-state index contributed by atoms with van der Waals surface area (Å²) in [5.74, 6) is -1.12. The Morgan fingerprint density at radius 3 is 1.31 bits per heavy atom. The molecule has 0 aliphatic carbocycles. The molecule has 0 fully saturated rings. The Hall–Kier alpha value is -3.74. The second-order valence-electron chi connectivity index (χ2n) is 8.65. The van der Waals surface area contributed by atoms with Crippen LogP contribution in [0.2, 0.25) is 0 Å². The van der Waals surface area contributed by atoms with Crippen LogP contribution in [-0.2, 0) is 9.59 Å². The molecular weight excluding hydrogens is 536 g/mol. The number of rotatable bonds is 12. The molecule has 2 aromatic rings. The quantitative estimate of drug-likeness (QED) is 0.372. The largest absolute Gasteiger partial charge is 0.338 e. The van der Waals surface area contributed by atoms with Crippen molar-refractivity contribution in [3.63, 3.8) is 0 Å². The average molecular weight is 571 g/mol. The molecule has 0 unspecified atom stereocenters. The van der Waals surface area contributed by atoms with Crippen molar-refractivity contribution in [3.8, 4) is 12.1 Å². The number of carbonyl (C=O) groups is 4. The van der Waals surface area contributed by atoms with Gasteiger partial charge in [-0.05, 0) is 59.1 Å². The fraction of sp³-hybridized carbons (Fsp3) is 0.481. The number of hydrogen-bond donors (Lipinski definition) is 2. The van der Waals surface area contributed by atoms with Crippen molar-refractivity contribution >= 4 is 56.3 Å². The molecule has 0 bridgehead atoms. The van der Waals surface area contributed by atoms with E-state index in [-0.39, 0.29) is 54.0 Å². The van der Waals surface area contributed by atoms with Gasteiger partial charge in [-0.25, -0.2) is 0 Å². The first-order valence-corrected chi connectivity index (χ1v) is 14.5. The SMILES string of the molecule is CCN(CC)C(=O)c1sc(NC(=O)CCCC(=O)Nc2sc(C(=O)N(CC)CC)c(C)c2C#N)c(C#N)c1C. The summed E-state index contributed by atoms with van der Waals surface area (Å²) in [6.45, 7) is 13.0. The first-order valence-electron chi connectivity index (χ1n) is 12.8. The Balaban J connectivity index is 2.03. The number of nitrogens with zero attached hydrogens (tertiary/aromatic N) is 4. The molecule has 0 saturated heterocycles. The topological polar surface area (TPSA) is 146 Å². The van der Waals surface area contributed by atoms with Gasteiger partial charge in [0.15, 0.2) is 0 Å². The Morgan fingerprint density at radius 1 is 0.692 bits per heavy atom. The summed E-state index contributed by atoms with van der Waals surface area (Å²) in [6, 6.07) is 4.14. The van der Waals surface area contributed by atoms with Gasteiger partial charge in [0.2, 0.25) is 11.8 Å². The van der Waals surface area contributed by atoms with Crippen LogP contribution in [0.25, 0.3) is 0 Å². The molecule has 2 N–H and O–H groups in total. The van der Waals surface area contributed by atoms with E-state index in [0.717, 1.165) is 22.7 Å². The smallest absolute Gasteiger partial charge is 0.264 e. The first-order chi connectivity index (χ1) is 18.6. The lowest BCUT2D eigenvalue weighted by Gasteiger charge is -2.17. The van der Waals surface area contributed by atoms with E-state index in [1.54, 1.807) is 23.6 Å². The van der Waals surface area contributed by atoms with E-state index in [0.29, 0.717) is 57.1 Å². The lowest BCUT2D eigenvalue weighted by atomic mass is 10.1. The number of carbonyl (C=O) groups excluding carboxylic acids is 4. The summed E-state index contributed by atoms with van der Waals surface area (Å²) < 4.78 is 0. The predicted octanol–water partition coefficient (Wildman–Crippen LogP) is 4.88. The minimum atomic E-state index is -0.376. The third-order valence-electron chi connectivity index (χ3n) is 6.32. The second kappa shape index (κ2) is 14.4. The number of amides is 4. The fourth-order valence-electron chi connectivity index (χ4n) is 3.98. The van der Waals surface area contributed by atoms with E-state index in [2.05, 4.69) is 22.8 Å². The fourth-order valence-corrected chi connectivity index (χ4v) is 6.26. The summed E-state index contributed by atoms with van der Waals surface area (Å²) in [7, 11) is 0. The maximum Gasteiger partial charge on any atom is 0.264 e. The maximum atomic E-state index is 12.8. The van der Waals surface area contributed by atoms with E-state index < -0.39 is 0 Å². The molecule has 0 aliphatic rings. The lowest BCUT2D eigenvalue weighted by molar-refractivity contribution is -0.117. The highest BCUT2D eigenvalue weighted by molar-refractivity contribution is 7.19. The van der Waals surface area contributed by atoms with Gasteiger partial charge >= 0.3 is 0 Å². The maximum absolute atomic E-state index is 12.8. The highest BCUT2D eigenvalue weighted by Gasteiger charge is 2.25. The third kappa shape index (κ3) is 7.22.